The van der Waals surface area contributed by atoms with Gasteiger partial charge in [0.05, 0.1) is 26.4 Å². The second-order valence-corrected chi connectivity index (χ2v) is 7.92. The lowest BCUT2D eigenvalue weighted by Gasteiger charge is -2.39. The molecule has 1 amide bonds. The Bertz CT molecular complexity index is 733. The Morgan fingerprint density at radius 1 is 1.32 bits per heavy atom. The van der Waals surface area contributed by atoms with Crippen LogP contribution >= 0.6 is 0 Å². The van der Waals surface area contributed by atoms with E-state index >= 15 is 0 Å². The minimum Gasteiger partial charge on any atom is -0.497 e. The number of likely N-dealkylation sites (N-methyl/N-ethyl adjacent to an activating group) is 1. The molecular weight excluding hydrogens is 346 g/mol. The number of hydrogen-bond acceptors (Lipinski definition) is 5. The lowest BCUT2D eigenvalue weighted by atomic mass is 9.98. The van der Waals surface area contributed by atoms with Crippen LogP contribution in [0.3, 0.4) is 0 Å². The van der Waals surface area contributed by atoms with Crippen molar-refractivity contribution in [1.29, 1.82) is 0 Å². The molecule has 25 heavy (non-hydrogen) atoms. The van der Waals surface area contributed by atoms with Crippen LogP contribution in [0.4, 0.5) is 0 Å². The molecule has 1 aromatic carbocycles. The molecule has 0 aliphatic carbocycles. The molecule has 0 unspecified atom stereocenters. The first-order valence-electron chi connectivity index (χ1n) is 8.18. The van der Waals surface area contributed by atoms with Crippen LogP contribution in [0.5, 0.6) is 5.75 Å². The highest BCUT2D eigenvalue weighted by molar-refractivity contribution is 7.87. The Hall–Kier alpha value is -1.68. The highest BCUT2D eigenvalue weighted by atomic mass is 32.2. The van der Waals surface area contributed by atoms with Gasteiger partial charge in [-0.25, -0.2) is 0 Å². The molecule has 1 aromatic rings. The Balaban J connectivity index is 1.86. The van der Waals surface area contributed by atoms with E-state index in [1.807, 2.05) is 6.07 Å². The van der Waals surface area contributed by atoms with Gasteiger partial charge in [0.2, 0.25) is 5.91 Å². The van der Waals surface area contributed by atoms with Crippen LogP contribution in [0.1, 0.15) is 18.0 Å². The van der Waals surface area contributed by atoms with Crippen LogP contribution in [0.25, 0.3) is 0 Å². The summed E-state index contributed by atoms with van der Waals surface area (Å²) in [6.45, 7) is 1.93. The molecule has 9 heteroatoms. The zero-order valence-electron chi connectivity index (χ0n) is 14.3. The van der Waals surface area contributed by atoms with Gasteiger partial charge in [-0.05, 0) is 24.1 Å². The van der Waals surface area contributed by atoms with E-state index in [1.54, 1.807) is 30.2 Å². The number of ether oxygens (including phenoxy) is 2. The number of morpholine rings is 1. The molecule has 2 fully saturated rings. The van der Waals surface area contributed by atoms with Gasteiger partial charge in [0, 0.05) is 20.1 Å². The molecular formula is C16H23N3O5S. The molecule has 2 saturated heterocycles. The van der Waals surface area contributed by atoms with E-state index in [1.165, 1.54) is 7.05 Å². The van der Waals surface area contributed by atoms with Gasteiger partial charge < -0.3 is 14.4 Å². The maximum atomic E-state index is 12.9. The van der Waals surface area contributed by atoms with Crippen LogP contribution in [-0.4, -0.2) is 70.0 Å². The molecule has 0 radical (unpaired) electrons. The smallest absolute Gasteiger partial charge is 0.280 e. The molecule has 0 bridgehead atoms. The molecule has 0 spiro atoms. The highest BCUT2D eigenvalue weighted by Gasteiger charge is 2.42. The quantitative estimate of drug-likeness (QED) is 0.818. The van der Waals surface area contributed by atoms with Gasteiger partial charge in [0.15, 0.2) is 0 Å². The second kappa shape index (κ2) is 7.28. The molecule has 138 valence electrons. The number of hydrogen-bond donors (Lipinski definition) is 1. The molecule has 2 aliphatic rings. The number of nitrogens with zero attached hydrogens (tertiary/aromatic N) is 2. The third-order valence-corrected chi connectivity index (χ3v) is 6.27. The molecule has 2 heterocycles. The summed E-state index contributed by atoms with van der Waals surface area (Å²) in [5.74, 6) is 0.468. The van der Waals surface area contributed by atoms with Gasteiger partial charge in [-0.2, -0.15) is 17.4 Å². The van der Waals surface area contributed by atoms with Gasteiger partial charge >= 0.3 is 0 Å². The van der Waals surface area contributed by atoms with Gasteiger partial charge in [-0.3, -0.25) is 4.79 Å². The van der Waals surface area contributed by atoms with Crippen molar-refractivity contribution >= 4 is 16.1 Å². The summed E-state index contributed by atoms with van der Waals surface area (Å²) < 4.78 is 39.3. The number of carbonyl (C=O) groups is 1. The summed E-state index contributed by atoms with van der Waals surface area (Å²) in [6, 6.07) is 6.00. The Morgan fingerprint density at radius 2 is 2.04 bits per heavy atom. The molecule has 8 nitrogen and oxygen atoms in total. The fourth-order valence-corrected chi connectivity index (χ4v) is 4.43. The summed E-state index contributed by atoms with van der Waals surface area (Å²) in [6.07, 6.45) is 0.360. The predicted molar refractivity (Wildman–Crippen MR) is 91.4 cm³/mol. The third-order valence-electron chi connectivity index (χ3n) is 4.67. The summed E-state index contributed by atoms with van der Waals surface area (Å²) >= 11 is 0. The summed E-state index contributed by atoms with van der Waals surface area (Å²) in [5.41, 5.74) is 0.774. The largest absolute Gasteiger partial charge is 0.497 e. The number of nitrogens with one attached hydrogen (secondary N) is 1. The fraction of sp³-hybridized carbons (Fsp3) is 0.562. The van der Waals surface area contributed by atoms with E-state index in [9.17, 15) is 13.2 Å². The van der Waals surface area contributed by atoms with Crippen molar-refractivity contribution in [2.45, 2.75) is 18.5 Å². The summed E-state index contributed by atoms with van der Waals surface area (Å²) in [5, 5.41) is 0. The Labute approximate surface area is 147 Å². The molecule has 2 aliphatic heterocycles. The monoisotopic (exact) mass is 369 g/mol. The zero-order valence-corrected chi connectivity index (χ0v) is 15.2. The summed E-state index contributed by atoms with van der Waals surface area (Å²) in [7, 11) is -0.752. The van der Waals surface area contributed by atoms with E-state index < -0.39 is 22.3 Å². The first kappa shape index (κ1) is 18.1. The molecule has 0 aromatic heterocycles. The maximum Gasteiger partial charge on any atom is 0.280 e. The van der Waals surface area contributed by atoms with Crippen molar-refractivity contribution < 1.29 is 22.7 Å². The molecule has 0 saturated carbocycles. The maximum absolute atomic E-state index is 12.9. The van der Waals surface area contributed by atoms with E-state index in [2.05, 4.69) is 4.72 Å². The van der Waals surface area contributed by atoms with Gasteiger partial charge in [0.1, 0.15) is 11.8 Å². The van der Waals surface area contributed by atoms with Gasteiger partial charge in [-0.1, -0.05) is 12.1 Å². The van der Waals surface area contributed by atoms with Crippen LogP contribution in [0.15, 0.2) is 24.3 Å². The number of methoxy groups -OCH3 is 1. The van der Waals surface area contributed by atoms with Crippen molar-refractivity contribution in [2.75, 3.05) is 40.5 Å². The Morgan fingerprint density at radius 3 is 2.72 bits per heavy atom. The number of rotatable bonds is 3. The van der Waals surface area contributed by atoms with Crippen LogP contribution in [0.2, 0.25) is 0 Å². The minimum atomic E-state index is -3.75. The van der Waals surface area contributed by atoms with Gasteiger partial charge in [0.25, 0.3) is 10.2 Å². The number of carbonyl (C=O) groups excluding carboxylic acids is 1. The van der Waals surface area contributed by atoms with Crippen molar-refractivity contribution in [1.82, 2.24) is 13.9 Å². The fourth-order valence-electron chi connectivity index (χ4n) is 3.16. The molecule has 1 N–H and O–H groups in total. The van der Waals surface area contributed by atoms with Crippen molar-refractivity contribution in [3.63, 3.8) is 0 Å². The van der Waals surface area contributed by atoms with Crippen molar-refractivity contribution in [3.05, 3.63) is 29.8 Å². The lowest BCUT2D eigenvalue weighted by molar-refractivity contribution is -0.139. The van der Waals surface area contributed by atoms with E-state index in [4.69, 9.17) is 9.47 Å². The average Bonchev–Trinajstić information content (AvgIpc) is 2.64. The molecule has 3 rings (SSSR count). The lowest BCUT2D eigenvalue weighted by Crippen LogP contribution is -2.58. The van der Waals surface area contributed by atoms with Crippen LogP contribution in [0, 0.1) is 0 Å². The zero-order chi connectivity index (χ0) is 18.0. The van der Waals surface area contributed by atoms with Gasteiger partial charge in [-0.15, -0.1) is 0 Å². The third kappa shape index (κ3) is 3.79. The average molecular weight is 369 g/mol. The SMILES string of the molecule is COc1cccc([C@@H]2C[C@H](C(=O)N3CCOCC3)N(C)S(=O)(=O)N2)c1. The van der Waals surface area contributed by atoms with E-state index in [-0.39, 0.29) is 5.91 Å². The predicted octanol–water partition coefficient (Wildman–Crippen LogP) is 0.134. The standard InChI is InChI=1S/C16H23N3O5S/c1-18-15(16(20)19-6-8-24-9-7-19)11-14(17-25(18,21)22)12-4-3-5-13(10-12)23-2/h3-5,10,14-15,17H,6-9,11H2,1-2H3/t14-,15+/m0/s1. The van der Waals surface area contributed by atoms with Crippen molar-refractivity contribution in [2.24, 2.45) is 0 Å². The highest BCUT2D eigenvalue weighted by Crippen LogP contribution is 2.30. The second-order valence-electron chi connectivity index (χ2n) is 6.16. The summed E-state index contributed by atoms with van der Waals surface area (Å²) in [4.78, 5) is 14.5. The number of amides is 1. The minimum absolute atomic E-state index is 0.177. The van der Waals surface area contributed by atoms with E-state index in [0.29, 0.717) is 38.5 Å². The van der Waals surface area contributed by atoms with Crippen LogP contribution < -0.4 is 9.46 Å². The number of benzene rings is 1. The Kier molecular flexibility index (Phi) is 5.28. The van der Waals surface area contributed by atoms with Crippen LogP contribution in [-0.2, 0) is 19.7 Å². The normalized spacial score (nSPS) is 27.0. The van der Waals surface area contributed by atoms with Crippen molar-refractivity contribution in [3.8, 4) is 5.75 Å². The molecule has 2 atom stereocenters. The van der Waals surface area contributed by atoms with E-state index in [0.717, 1.165) is 9.87 Å². The first-order valence-corrected chi connectivity index (χ1v) is 9.62. The topological polar surface area (TPSA) is 88.2 Å². The first-order chi connectivity index (χ1) is 11.9.